The van der Waals surface area contributed by atoms with E-state index in [1.54, 1.807) is 18.5 Å². The summed E-state index contributed by atoms with van der Waals surface area (Å²) in [6.45, 7) is 1.94. The standard InChI is InChI=1S/C21H22F3N5O/c1-29-9-3-2-4-14(12-29)26-20-15-7-8-25-11-17(15)19(27-28-20)16-6-5-13(10-18(16)30)21(22,23)24/h5-8,10-11,14,30H,2-4,9,12H2,1H3,(H,26,28). The van der Waals surface area contributed by atoms with Crippen molar-refractivity contribution in [1.29, 1.82) is 0 Å². The van der Waals surface area contributed by atoms with Crippen molar-refractivity contribution in [1.82, 2.24) is 20.1 Å². The van der Waals surface area contributed by atoms with Crippen molar-refractivity contribution in [3.8, 4) is 17.0 Å². The Labute approximate surface area is 171 Å². The van der Waals surface area contributed by atoms with Gasteiger partial charge in [-0.3, -0.25) is 4.98 Å². The minimum absolute atomic E-state index is 0.175. The highest BCUT2D eigenvalue weighted by atomic mass is 19.4. The molecule has 0 radical (unpaired) electrons. The van der Waals surface area contributed by atoms with Crippen LogP contribution < -0.4 is 5.32 Å². The molecule has 4 rings (SSSR count). The zero-order chi connectivity index (χ0) is 21.3. The third-order valence-corrected chi connectivity index (χ3v) is 5.38. The van der Waals surface area contributed by atoms with E-state index < -0.39 is 17.5 Å². The molecule has 1 saturated heterocycles. The Morgan fingerprint density at radius 1 is 1.13 bits per heavy atom. The minimum atomic E-state index is -4.54. The summed E-state index contributed by atoms with van der Waals surface area (Å²) in [6.07, 6.45) is 1.96. The molecular weight excluding hydrogens is 395 g/mol. The van der Waals surface area contributed by atoms with Gasteiger partial charge in [0, 0.05) is 41.3 Å². The normalized spacial score (nSPS) is 18.3. The third kappa shape index (κ3) is 4.16. The number of rotatable bonds is 3. The lowest BCUT2D eigenvalue weighted by Gasteiger charge is -2.22. The van der Waals surface area contributed by atoms with Crippen molar-refractivity contribution >= 4 is 16.6 Å². The number of phenols is 1. The van der Waals surface area contributed by atoms with Gasteiger partial charge in [0.05, 0.1) is 5.56 Å². The molecule has 9 heteroatoms. The minimum Gasteiger partial charge on any atom is -0.507 e. The highest BCUT2D eigenvalue weighted by Gasteiger charge is 2.31. The number of hydrogen-bond donors (Lipinski definition) is 2. The van der Waals surface area contributed by atoms with Gasteiger partial charge in [0.15, 0.2) is 5.82 Å². The first kappa shape index (κ1) is 20.3. The Morgan fingerprint density at radius 3 is 2.73 bits per heavy atom. The topological polar surface area (TPSA) is 74.2 Å². The molecule has 0 amide bonds. The molecule has 3 heterocycles. The lowest BCUT2D eigenvalue weighted by atomic mass is 10.0. The van der Waals surface area contributed by atoms with E-state index >= 15 is 0 Å². The molecule has 0 bridgehead atoms. The van der Waals surface area contributed by atoms with E-state index in [2.05, 4.69) is 32.4 Å². The van der Waals surface area contributed by atoms with Gasteiger partial charge in [-0.05, 0) is 50.7 Å². The van der Waals surface area contributed by atoms with Crippen LogP contribution in [0.3, 0.4) is 0 Å². The lowest BCUT2D eigenvalue weighted by Crippen LogP contribution is -2.33. The SMILES string of the molecule is CN1CCCCC(Nc2nnc(-c3ccc(C(F)(F)F)cc3O)c3cnccc23)C1. The van der Waals surface area contributed by atoms with Crippen LogP contribution in [0.25, 0.3) is 22.0 Å². The molecule has 0 saturated carbocycles. The predicted molar refractivity (Wildman–Crippen MR) is 108 cm³/mol. The maximum Gasteiger partial charge on any atom is 0.416 e. The number of hydrogen-bond acceptors (Lipinski definition) is 6. The molecule has 1 aliphatic heterocycles. The summed E-state index contributed by atoms with van der Waals surface area (Å²) in [6, 6.07) is 4.84. The van der Waals surface area contributed by atoms with E-state index in [9.17, 15) is 18.3 Å². The summed E-state index contributed by atoms with van der Waals surface area (Å²) in [5.74, 6) is 0.0956. The van der Waals surface area contributed by atoms with E-state index in [4.69, 9.17) is 0 Å². The predicted octanol–water partition coefficient (Wildman–Crippen LogP) is 4.31. The van der Waals surface area contributed by atoms with Crippen LogP contribution in [0.15, 0.2) is 36.7 Å². The van der Waals surface area contributed by atoms with Crippen LogP contribution >= 0.6 is 0 Å². The number of nitrogens with zero attached hydrogens (tertiary/aromatic N) is 4. The summed E-state index contributed by atoms with van der Waals surface area (Å²) in [4.78, 5) is 6.41. The molecule has 158 valence electrons. The van der Waals surface area contributed by atoms with Crippen molar-refractivity contribution in [2.75, 3.05) is 25.5 Å². The summed E-state index contributed by atoms with van der Waals surface area (Å²) < 4.78 is 38.8. The molecule has 1 aromatic carbocycles. The smallest absolute Gasteiger partial charge is 0.416 e. The van der Waals surface area contributed by atoms with Crippen molar-refractivity contribution in [3.63, 3.8) is 0 Å². The first-order valence-corrected chi connectivity index (χ1v) is 9.79. The fraction of sp³-hybridized carbons (Fsp3) is 0.381. The monoisotopic (exact) mass is 417 g/mol. The second-order valence-corrected chi connectivity index (χ2v) is 7.65. The van der Waals surface area contributed by atoms with Gasteiger partial charge in [0.2, 0.25) is 0 Å². The van der Waals surface area contributed by atoms with Crippen LogP contribution in [0.1, 0.15) is 24.8 Å². The molecular formula is C21H22F3N5O. The van der Waals surface area contributed by atoms with E-state index in [0.29, 0.717) is 17.3 Å². The van der Waals surface area contributed by atoms with E-state index in [1.165, 1.54) is 6.07 Å². The molecule has 1 atom stereocenters. The first-order chi connectivity index (χ1) is 14.3. The Balaban J connectivity index is 1.73. The second kappa shape index (κ2) is 8.06. The number of aromatic nitrogens is 3. The number of fused-ring (bicyclic) bond motifs is 1. The third-order valence-electron chi connectivity index (χ3n) is 5.38. The van der Waals surface area contributed by atoms with E-state index in [0.717, 1.165) is 43.8 Å². The van der Waals surface area contributed by atoms with Crippen molar-refractivity contribution in [2.24, 2.45) is 0 Å². The van der Waals surface area contributed by atoms with Gasteiger partial charge in [-0.15, -0.1) is 10.2 Å². The van der Waals surface area contributed by atoms with Crippen LogP contribution in [-0.4, -0.2) is 51.4 Å². The first-order valence-electron chi connectivity index (χ1n) is 9.79. The van der Waals surface area contributed by atoms with Crippen LogP contribution in [0.4, 0.5) is 19.0 Å². The Kier molecular flexibility index (Phi) is 5.46. The van der Waals surface area contributed by atoms with Gasteiger partial charge in [0.1, 0.15) is 11.4 Å². The number of likely N-dealkylation sites (N-methyl/N-ethyl adjacent to an activating group) is 1. The van der Waals surface area contributed by atoms with Crippen molar-refractivity contribution < 1.29 is 18.3 Å². The number of nitrogens with one attached hydrogen (secondary N) is 1. The summed E-state index contributed by atoms with van der Waals surface area (Å²) in [5.41, 5.74) is -0.461. The van der Waals surface area contributed by atoms with Gasteiger partial charge in [-0.25, -0.2) is 0 Å². The molecule has 2 aromatic heterocycles. The van der Waals surface area contributed by atoms with Gasteiger partial charge in [-0.2, -0.15) is 13.2 Å². The number of alkyl halides is 3. The van der Waals surface area contributed by atoms with Gasteiger partial charge < -0.3 is 15.3 Å². The summed E-state index contributed by atoms with van der Waals surface area (Å²) in [7, 11) is 2.09. The van der Waals surface area contributed by atoms with Crippen LogP contribution in [0.5, 0.6) is 5.75 Å². The van der Waals surface area contributed by atoms with Crippen LogP contribution in [-0.2, 0) is 6.18 Å². The molecule has 1 fully saturated rings. The van der Waals surface area contributed by atoms with Crippen LogP contribution in [0.2, 0.25) is 0 Å². The number of halogens is 3. The Bertz CT molecular complexity index is 1060. The van der Waals surface area contributed by atoms with Gasteiger partial charge in [0.25, 0.3) is 0 Å². The van der Waals surface area contributed by atoms with E-state index in [-0.39, 0.29) is 17.3 Å². The average Bonchev–Trinajstić information content (AvgIpc) is 2.91. The maximum atomic E-state index is 12.9. The quantitative estimate of drug-likeness (QED) is 0.662. The zero-order valence-electron chi connectivity index (χ0n) is 16.4. The van der Waals surface area contributed by atoms with E-state index in [1.807, 2.05) is 0 Å². The molecule has 1 aliphatic rings. The summed E-state index contributed by atoms with van der Waals surface area (Å²) in [5, 5.41) is 23.6. The Morgan fingerprint density at radius 2 is 1.97 bits per heavy atom. The fourth-order valence-corrected chi connectivity index (χ4v) is 3.85. The molecule has 0 aliphatic carbocycles. The molecule has 2 N–H and O–H groups in total. The number of aromatic hydroxyl groups is 1. The fourth-order valence-electron chi connectivity index (χ4n) is 3.85. The van der Waals surface area contributed by atoms with Gasteiger partial charge in [-0.1, -0.05) is 6.42 Å². The zero-order valence-corrected chi connectivity index (χ0v) is 16.4. The van der Waals surface area contributed by atoms with Crippen molar-refractivity contribution in [2.45, 2.75) is 31.5 Å². The maximum absolute atomic E-state index is 12.9. The number of phenolic OH excluding ortho intramolecular Hbond substituents is 1. The van der Waals surface area contributed by atoms with Crippen molar-refractivity contribution in [3.05, 3.63) is 42.2 Å². The van der Waals surface area contributed by atoms with Gasteiger partial charge >= 0.3 is 6.18 Å². The number of pyridine rings is 1. The second-order valence-electron chi connectivity index (χ2n) is 7.65. The summed E-state index contributed by atoms with van der Waals surface area (Å²) >= 11 is 0. The Hall–Kier alpha value is -2.94. The number of anilines is 1. The average molecular weight is 417 g/mol. The highest BCUT2D eigenvalue weighted by molar-refractivity contribution is 6.00. The highest BCUT2D eigenvalue weighted by Crippen LogP contribution is 2.38. The largest absolute Gasteiger partial charge is 0.507 e. The lowest BCUT2D eigenvalue weighted by molar-refractivity contribution is -0.137. The number of likely N-dealkylation sites (tertiary alicyclic amines) is 1. The molecule has 30 heavy (non-hydrogen) atoms. The molecule has 1 unspecified atom stereocenters. The molecule has 0 spiro atoms. The van der Waals surface area contributed by atoms with Crippen LogP contribution in [0, 0.1) is 0 Å². The molecule has 3 aromatic rings. The molecule has 6 nitrogen and oxygen atoms in total. The number of benzene rings is 1.